The van der Waals surface area contributed by atoms with Crippen LogP contribution in [0.25, 0.3) is 33.0 Å². The van der Waals surface area contributed by atoms with Gasteiger partial charge in [-0.1, -0.05) is 42.5 Å². The Morgan fingerprint density at radius 1 is 0.789 bits per heavy atom. The van der Waals surface area contributed by atoms with Gasteiger partial charge in [-0.3, -0.25) is 4.79 Å². The molecule has 3 aromatic carbocycles. The maximum Gasteiger partial charge on any atom is 0.159 e. The van der Waals surface area contributed by atoms with Crippen molar-refractivity contribution in [3.05, 3.63) is 60.2 Å². The standard InChI is InChI=1S/C18H12O/c1-11(19)13-9-12-5-4-8-16-14-6-2-3-7-15(14)17(10-13)18(12)16/h2-10H,1H3. The summed E-state index contributed by atoms with van der Waals surface area (Å²) in [5.41, 5.74) is 5.75. The zero-order valence-corrected chi connectivity index (χ0v) is 10.6. The van der Waals surface area contributed by atoms with Crippen molar-refractivity contribution in [2.24, 2.45) is 0 Å². The summed E-state index contributed by atoms with van der Waals surface area (Å²) in [6.45, 7) is 1.62. The van der Waals surface area contributed by atoms with Gasteiger partial charge in [-0.25, -0.2) is 0 Å². The summed E-state index contributed by atoms with van der Waals surface area (Å²) in [4.78, 5) is 11.7. The second kappa shape index (κ2) is 3.55. The molecule has 90 valence electrons. The molecule has 0 saturated carbocycles. The summed E-state index contributed by atoms with van der Waals surface area (Å²) >= 11 is 0. The average Bonchev–Trinajstić information content (AvgIpc) is 2.76. The molecular formula is C18H12O. The Morgan fingerprint density at radius 2 is 1.47 bits per heavy atom. The van der Waals surface area contributed by atoms with Crippen LogP contribution in [0.15, 0.2) is 54.6 Å². The van der Waals surface area contributed by atoms with Gasteiger partial charge in [0, 0.05) is 5.56 Å². The zero-order chi connectivity index (χ0) is 13.0. The molecule has 0 bridgehead atoms. The van der Waals surface area contributed by atoms with Gasteiger partial charge in [0.05, 0.1) is 0 Å². The fraction of sp³-hybridized carbons (Fsp3) is 0.0556. The molecule has 4 rings (SSSR count). The van der Waals surface area contributed by atoms with Crippen molar-refractivity contribution in [1.29, 1.82) is 0 Å². The maximum atomic E-state index is 11.7. The van der Waals surface area contributed by atoms with Crippen LogP contribution in [0.5, 0.6) is 0 Å². The molecule has 1 aliphatic carbocycles. The summed E-state index contributed by atoms with van der Waals surface area (Å²) in [6, 6.07) is 18.7. The molecule has 0 spiro atoms. The molecule has 0 radical (unpaired) electrons. The third-order valence-corrected chi connectivity index (χ3v) is 3.89. The lowest BCUT2D eigenvalue weighted by atomic mass is 9.98. The molecule has 0 unspecified atom stereocenters. The number of hydrogen-bond acceptors (Lipinski definition) is 1. The van der Waals surface area contributed by atoms with E-state index in [1.54, 1.807) is 6.92 Å². The predicted octanol–water partition coefficient (Wildman–Crippen LogP) is 4.69. The van der Waals surface area contributed by atoms with E-state index >= 15 is 0 Å². The van der Waals surface area contributed by atoms with Crippen LogP contribution in [0.4, 0.5) is 0 Å². The van der Waals surface area contributed by atoms with E-state index in [4.69, 9.17) is 0 Å². The zero-order valence-electron chi connectivity index (χ0n) is 10.6. The summed E-state index contributed by atoms with van der Waals surface area (Å²) in [6.07, 6.45) is 0. The number of carbonyl (C=O) groups is 1. The van der Waals surface area contributed by atoms with E-state index in [1.807, 2.05) is 12.1 Å². The van der Waals surface area contributed by atoms with E-state index in [9.17, 15) is 4.79 Å². The van der Waals surface area contributed by atoms with Crippen molar-refractivity contribution >= 4 is 16.6 Å². The molecule has 0 N–H and O–H groups in total. The van der Waals surface area contributed by atoms with Gasteiger partial charge in [0.2, 0.25) is 0 Å². The average molecular weight is 244 g/mol. The van der Waals surface area contributed by atoms with Gasteiger partial charge >= 0.3 is 0 Å². The molecule has 1 heteroatoms. The quantitative estimate of drug-likeness (QED) is 0.444. The first-order valence-electron chi connectivity index (χ1n) is 6.43. The van der Waals surface area contributed by atoms with Crippen LogP contribution >= 0.6 is 0 Å². The van der Waals surface area contributed by atoms with Gasteiger partial charge < -0.3 is 0 Å². The number of Topliss-reactive ketones (excluding diaryl/α,β-unsaturated/α-hetero) is 1. The highest BCUT2D eigenvalue weighted by molar-refractivity contribution is 6.17. The van der Waals surface area contributed by atoms with Crippen molar-refractivity contribution in [2.75, 3.05) is 0 Å². The first-order chi connectivity index (χ1) is 9.25. The second-order valence-corrected chi connectivity index (χ2v) is 5.03. The largest absolute Gasteiger partial charge is 0.295 e. The Bertz CT molecular complexity index is 843. The Kier molecular flexibility index (Phi) is 1.96. The van der Waals surface area contributed by atoms with E-state index in [1.165, 1.54) is 27.6 Å². The number of fused-ring (bicyclic) bond motifs is 3. The van der Waals surface area contributed by atoms with Crippen LogP contribution in [0, 0.1) is 0 Å². The third-order valence-electron chi connectivity index (χ3n) is 3.89. The predicted molar refractivity (Wildman–Crippen MR) is 78.4 cm³/mol. The number of hydrogen-bond donors (Lipinski definition) is 0. The van der Waals surface area contributed by atoms with Crippen molar-refractivity contribution in [3.8, 4) is 22.3 Å². The number of carbonyl (C=O) groups excluding carboxylic acids is 1. The van der Waals surface area contributed by atoms with Crippen LogP contribution in [-0.4, -0.2) is 5.78 Å². The van der Waals surface area contributed by atoms with Crippen LogP contribution < -0.4 is 0 Å². The minimum absolute atomic E-state index is 0.118. The minimum Gasteiger partial charge on any atom is -0.295 e. The maximum absolute atomic E-state index is 11.7. The van der Waals surface area contributed by atoms with Gasteiger partial charge in [0.15, 0.2) is 5.78 Å². The minimum atomic E-state index is 0.118. The second-order valence-electron chi connectivity index (χ2n) is 5.03. The molecule has 19 heavy (non-hydrogen) atoms. The van der Waals surface area contributed by atoms with E-state index in [0.717, 1.165) is 10.9 Å². The van der Waals surface area contributed by atoms with Crippen molar-refractivity contribution < 1.29 is 4.79 Å². The van der Waals surface area contributed by atoms with E-state index in [2.05, 4.69) is 42.5 Å². The molecule has 0 aromatic heterocycles. The lowest BCUT2D eigenvalue weighted by Crippen LogP contribution is -1.92. The monoisotopic (exact) mass is 244 g/mol. The number of rotatable bonds is 1. The van der Waals surface area contributed by atoms with Gasteiger partial charge in [-0.15, -0.1) is 0 Å². The van der Waals surface area contributed by atoms with Gasteiger partial charge in [-0.05, 0) is 52.1 Å². The topological polar surface area (TPSA) is 17.1 Å². The Labute approximate surface area is 111 Å². The molecule has 1 aliphatic rings. The molecule has 0 saturated heterocycles. The van der Waals surface area contributed by atoms with Gasteiger partial charge in [0.25, 0.3) is 0 Å². The fourth-order valence-corrected chi connectivity index (χ4v) is 3.02. The molecular weight excluding hydrogens is 232 g/mol. The highest BCUT2D eigenvalue weighted by Gasteiger charge is 2.21. The van der Waals surface area contributed by atoms with Crippen LogP contribution in [0.2, 0.25) is 0 Å². The summed E-state index contributed by atoms with van der Waals surface area (Å²) in [5, 5.41) is 2.42. The summed E-state index contributed by atoms with van der Waals surface area (Å²) in [7, 11) is 0. The SMILES string of the molecule is CC(=O)c1cc2c3c(cccc3c1)-c1ccccc1-2. The Morgan fingerprint density at radius 3 is 2.21 bits per heavy atom. The van der Waals surface area contributed by atoms with E-state index in [-0.39, 0.29) is 5.78 Å². The summed E-state index contributed by atoms with van der Waals surface area (Å²) < 4.78 is 0. The number of ketones is 1. The molecule has 0 fully saturated rings. The van der Waals surface area contributed by atoms with Crippen molar-refractivity contribution in [1.82, 2.24) is 0 Å². The van der Waals surface area contributed by atoms with E-state index in [0.29, 0.717) is 0 Å². The fourth-order valence-electron chi connectivity index (χ4n) is 3.02. The van der Waals surface area contributed by atoms with Gasteiger partial charge in [-0.2, -0.15) is 0 Å². The highest BCUT2D eigenvalue weighted by Crippen LogP contribution is 2.47. The lowest BCUT2D eigenvalue weighted by Gasteiger charge is -2.05. The van der Waals surface area contributed by atoms with E-state index < -0.39 is 0 Å². The highest BCUT2D eigenvalue weighted by atomic mass is 16.1. The Balaban J connectivity index is 2.21. The normalized spacial score (nSPS) is 11.6. The molecule has 0 amide bonds. The number of benzene rings is 3. The smallest absolute Gasteiger partial charge is 0.159 e. The van der Waals surface area contributed by atoms with Crippen LogP contribution in [0.3, 0.4) is 0 Å². The van der Waals surface area contributed by atoms with Crippen LogP contribution in [-0.2, 0) is 0 Å². The molecule has 0 heterocycles. The lowest BCUT2D eigenvalue weighted by molar-refractivity contribution is 0.101. The Hall–Kier alpha value is -2.41. The first-order valence-corrected chi connectivity index (χ1v) is 6.43. The van der Waals surface area contributed by atoms with Crippen molar-refractivity contribution in [3.63, 3.8) is 0 Å². The summed E-state index contributed by atoms with van der Waals surface area (Å²) in [5.74, 6) is 0.118. The molecule has 3 aromatic rings. The third kappa shape index (κ3) is 1.33. The van der Waals surface area contributed by atoms with Gasteiger partial charge in [0.1, 0.15) is 0 Å². The first kappa shape index (κ1) is 10.5. The van der Waals surface area contributed by atoms with Crippen molar-refractivity contribution in [2.45, 2.75) is 6.92 Å². The molecule has 0 atom stereocenters. The molecule has 1 nitrogen and oxygen atoms in total. The molecule has 0 aliphatic heterocycles. The van der Waals surface area contributed by atoms with Crippen LogP contribution in [0.1, 0.15) is 17.3 Å².